The van der Waals surface area contributed by atoms with E-state index < -0.39 is 0 Å². The van der Waals surface area contributed by atoms with E-state index >= 15 is 0 Å². The Bertz CT molecular complexity index is 370. The summed E-state index contributed by atoms with van der Waals surface area (Å²) in [6, 6.07) is 1.84. The number of carbonyl (C=O) groups is 1. The Morgan fingerprint density at radius 2 is 2.35 bits per heavy atom. The second-order valence-electron chi connectivity index (χ2n) is 4.61. The van der Waals surface area contributed by atoms with Crippen LogP contribution in [0, 0.1) is 12.8 Å². The molecule has 2 heterocycles. The molecule has 2 N–H and O–H groups in total. The summed E-state index contributed by atoms with van der Waals surface area (Å²) in [4.78, 5) is 11.7. The highest BCUT2D eigenvalue weighted by molar-refractivity contribution is 5.76. The Morgan fingerprint density at radius 3 is 3.00 bits per heavy atom. The van der Waals surface area contributed by atoms with E-state index in [1.54, 1.807) is 0 Å². The predicted molar refractivity (Wildman–Crippen MR) is 63.3 cm³/mol. The van der Waals surface area contributed by atoms with Gasteiger partial charge in [0.1, 0.15) is 0 Å². The van der Waals surface area contributed by atoms with E-state index in [4.69, 9.17) is 4.52 Å². The number of amides is 1. The third kappa shape index (κ3) is 3.85. The van der Waals surface area contributed by atoms with Crippen LogP contribution in [0.15, 0.2) is 10.6 Å². The first-order valence-corrected chi connectivity index (χ1v) is 6.13. The van der Waals surface area contributed by atoms with Crippen LogP contribution in [0.1, 0.15) is 30.7 Å². The molecular weight excluding hydrogens is 218 g/mol. The molecule has 94 valence electrons. The molecule has 17 heavy (non-hydrogen) atoms. The van der Waals surface area contributed by atoms with Crippen LogP contribution in [0.4, 0.5) is 0 Å². The fourth-order valence-corrected chi connectivity index (χ4v) is 2.11. The fourth-order valence-electron chi connectivity index (χ4n) is 2.11. The third-order valence-electron chi connectivity index (χ3n) is 3.07. The topological polar surface area (TPSA) is 67.2 Å². The first-order chi connectivity index (χ1) is 8.24. The van der Waals surface area contributed by atoms with Crippen LogP contribution in [-0.2, 0) is 11.3 Å². The van der Waals surface area contributed by atoms with Gasteiger partial charge in [-0.25, -0.2) is 0 Å². The first-order valence-electron chi connectivity index (χ1n) is 6.13. The van der Waals surface area contributed by atoms with Crippen molar-refractivity contribution in [1.82, 2.24) is 15.8 Å². The number of nitrogens with zero attached hydrogens (tertiary/aromatic N) is 1. The van der Waals surface area contributed by atoms with Crippen LogP contribution < -0.4 is 10.6 Å². The van der Waals surface area contributed by atoms with Gasteiger partial charge in [0.05, 0.1) is 12.2 Å². The number of rotatable bonds is 4. The van der Waals surface area contributed by atoms with Crippen LogP contribution in [0.5, 0.6) is 0 Å². The number of carbonyl (C=O) groups excluding carboxylic acids is 1. The van der Waals surface area contributed by atoms with Crippen molar-refractivity contribution < 1.29 is 9.32 Å². The summed E-state index contributed by atoms with van der Waals surface area (Å²) in [5, 5.41) is 9.94. The second-order valence-corrected chi connectivity index (χ2v) is 4.61. The molecule has 0 bridgehead atoms. The molecule has 5 heteroatoms. The van der Waals surface area contributed by atoms with Crippen molar-refractivity contribution in [3.05, 3.63) is 17.5 Å². The van der Waals surface area contributed by atoms with Gasteiger partial charge in [0.2, 0.25) is 5.91 Å². The van der Waals surface area contributed by atoms with Gasteiger partial charge in [-0.15, -0.1) is 0 Å². The van der Waals surface area contributed by atoms with E-state index in [1.807, 2.05) is 13.0 Å². The summed E-state index contributed by atoms with van der Waals surface area (Å²) in [5.41, 5.74) is 0.840. The summed E-state index contributed by atoms with van der Waals surface area (Å²) < 4.78 is 5.03. The van der Waals surface area contributed by atoms with E-state index in [2.05, 4.69) is 15.8 Å². The van der Waals surface area contributed by atoms with Gasteiger partial charge < -0.3 is 15.2 Å². The minimum Gasteiger partial charge on any atom is -0.359 e. The summed E-state index contributed by atoms with van der Waals surface area (Å²) in [5.74, 6) is 1.33. The molecule has 1 aromatic heterocycles. The lowest BCUT2D eigenvalue weighted by atomic mass is 9.94. The van der Waals surface area contributed by atoms with Crippen LogP contribution in [0.25, 0.3) is 0 Å². The summed E-state index contributed by atoms with van der Waals surface area (Å²) >= 11 is 0. The van der Waals surface area contributed by atoms with Crippen molar-refractivity contribution in [2.24, 2.45) is 5.92 Å². The maximum absolute atomic E-state index is 11.7. The van der Waals surface area contributed by atoms with Crippen molar-refractivity contribution in [2.45, 2.75) is 32.7 Å². The predicted octanol–water partition coefficient (Wildman–Crippen LogP) is 0.989. The number of hydrogen-bond acceptors (Lipinski definition) is 4. The molecule has 2 rings (SSSR count). The normalized spacial score (nSPS) is 17.0. The number of hydrogen-bond donors (Lipinski definition) is 2. The van der Waals surface area contributed by atoms with E-state index in [1.165, 1.54) is 0 Å². The van der Waals surface area contributed by atoms with Gasteiger partial charge in [-0.05, 0) is 38.8 Å². The molecule has 5 nitrogen and oxygen atoms in total. The monoisotopic (exact) mass is 237 g/mol. The van der Waals surface area contributed by atoms with Crippen molar-refractivity contribution >= 4 is 5.91 Å². The maximum Gasteiger partial charge on any atom is 0.220 e. The van der Waals surface area contributed by atoms with E-state index in [9.17, 15) is 4.79 Å². The molecule has 1 saturated heterocycles. The summed E-state index contributed by atoms with van der Waals surface area (Å²) in [6.45, 7) is 4.35. The third-order valence-corrected chi connectivity index (χ3v) is 3.07. The largest absolute Gasteiger partial charge is 0.359 e. The number of aryl methyl sites for hydroxylation is 1. The van der Waals surface area contributed by atoms with Gasteiger partial charge in [0, 0.05) is 12.5 Å². The van der Waals surface area contributed by atoms with Gasteiger partial charge in [-0.2, -0.15) is 0 Å². The molecule has 0 aliphatic carbocycles. The van der Waals surface area contributed by atoms with Crippen LogP contribution in [-0.4, -0.2) is 24.2 Å². The average Bonchev–Trinajstić information content (AvgIpc) is 2.74. The lowest BCUT2D eigenvalue weighted by molar-refractivity contribution is -0.122. The summed E-state index contributed by atoms with van der Waals surface area (Å²) in [6.07, 6.45) is 2.80. The standard InChI is InChI=1S/C12H19N3O2/c1-9-6-11(17-15-9)8-14-12(16)7-10-2-4-13-5-3-10/h6,10,13H,2-5,7-8H2,1H3,(H,14,16). The quantitative estimate of drug-likeness (QED) is 0.819. The first kappa shape index (κ1) is 12.1. The smallest absolute Gasteiger partial charge is 0.220 e. The van der Waals surface area contributed by atoms with Crippen molar-refractivity contribution in [3.8, 4) is 0 Å². The highest BCUT2D eigenvalue weighted by Crippen LogP contribution is 2.15. The van der Waals surface area contributed by atoms with E-state index in [0.717, 1.165) is 31.6 Å². The van der Waals surface area contributed by atoms with Crippen molar-refractivity contribution in [3.63, 3.8) is 0 Å². The molecule has 1 aromatic rings. The van der Waals surface area contributed by atoms with Gasteiger partial charge in [0.15, 0.2) is 5.76 Å². The molecule has 0 saturated carbocycles. The van der Waals surface area contributed by atoms with Gasteiger partial charge in [-0.1, -0.05) is 5.16 Å². The lowest BCUT2D eigenvalue weighted by Gasteiger charge is -2.21. The Labute approximate surface area is 101 Å². The number of nitrogens with one attached hydrogen (secondary N) is 2. The van der Waals surface area contributed by atoms with E-state index in [-0.39, 0.29) is 5.91 Å². The molecule has 0 atom stereocenters. The Morgan fingerprint density at radius 1 is 1.59 bits per heavy atom. The van der Waals surface area contributed by atoms with Gasteiger partial charge >= 0.3 is 0 Å². The summed E-state index contributed by atoms with van der Waals surface area (Å²) in [7, 11) is 0. The van der Waals surface area contributed by atoms with E-state index in [0.29, 0.717) is 24.6 Å². The lowest BCUT2D eigenvalue weighted by Crippen LogP contribution is -2.32. The van der Waals surface area contributed by atoms with Crippen LogP contribution in [0.3, 0.4) is 0 Å². The SMILES string of the molecule is Cc1cc(CNC(=O)CC2CCNCC2)on1. The molecule has 0 aromatic carbocycles. The number of piperidine rings is 1. The van der Waals surface area contributed by atoms with Gasteiger partial charge in [-0.3, -0.25) is 4.79 Å². The highest BCUT2D eigenvalue weighted by Gasteiger charge is 2.16. The highest BCUT2D eigenvalue weighted by atomic mass is 16.5. The second kappa shape index (κ2) is 5.82. The minimum atomic E-state index is 0.103. The van der Waals surface area contributed by atoms with Crippen molar-refractivity contribution in [2.75, 3.05) is 13.1 Å². The molecule has 0 radical (unpaired) electrons. The number of aromatic nitrogens is 1. The molecule has 1 aliphatic rings. The molecular formula is C12H19N3O2. The van der Waals surface area contributed by atoms with Crippen molar-refractivity contribution in [1.29, 1.82) is 0 Å². The fraction of sp³-hybridized carbons (Fsp3) is 0.667. The molecule has 1 fully saturated rings. The van der Waals surface area contributed by atoms with Gasteiger partial charge in [0.25, 0.3) is 0 Å². The molecule has 1 amide bonds. The van der Waals surface area contributed by atoms with Crippen LogP contribution in [0.2, 0.25) is 0 Å². The molecule has 1 aliphatic heterocycles. The maximum atomic E-state index is 11.7. The zero-order valence-corrected chi connectivity index (χ0v) is 10.2. The zero-order chi connectivity index (χ0) is 12.1. The zero-order valence-electron chi connectivity index (χ0n) is 10.2. The molecule has 0 spiro atoms. The Balaban J connectivity index is 1.70. The van der Waals surface area contributed by atoms with Crippen LogP contribution >= 0.6 is 0 Å². The minimum absolute atomic E-state index is 0.103. The molecule has 0 unspecified atom stereocenters. The Hall–Kier alpha value is -1.36. The average molecular weight is 237 g/mol. The Kier molecular flexibility index (Phi) is 4.14.